The summed E-state index contributed by atoms with van der Waals surface area (Å²) < 4.78 is 0. The minimum Gasteiger partial charge on any atom is -0.396 e. The molecule has 1 aromatic carbocycles. The number of nitrogens with zero attached hydrogens (tertiary/aromatic N) is 1. The summed E-state index contributed by atoms with van der Waals surface area (Å²) in [6.45, 7) is 7.06. The van der Waals surface area contributed by atoms with Gasteiger partial charge >= 0.3 is 0 Å². The van der Waals surface area contributed by atoms with Crippen molar-refractivity contribution in [3.05, 3.63) is 35.4 Å². The Morgan fingerprint density at radius 2 is 2.16 bits per heavy atom. The Morgan fingerprint density at radius 1 is 1.32 bits per heavy atom. The third kappa shape index (κ3) is 4.32. The van der Waals surface area contributed by atoms with Crippen LogP contribution >= 0.6 is 0 Å². The molecule has 0 spiro atoms. The van der Waals surface area contributed by atoms with Crippen molar-refractivity contribution in [1.29, 1.82) is 0 Å². The molecular formula is C17H27NO. The highest BCUT2D eigenvalue weighted by Gasteiger charge is 2.24. The molecule has 2 heteroatoms. The minimum atomic E-state index is 0.348. The van der Waals surface area contributed by atoms with E-state index in [2.05, 4.69) is 43.0 Å². The number of rotatable bonds is 5. The molecule has 19 heavy (non-hydrogen) atoms. The fourth-order valence-electron chi connectivity index (χ4n) is 3.08. The number of likely N-dealkylation sites (tertiary alicyclic amines) is 1. The van der Waals surface area contributed by atoms with Gasteiger partial charge in [0.15, 0.2) is 0 Å². The van der Waals surface area contributed by atoms with Crippen LogP contribution in [0.25, 0.3) is 0 Å². The molecule has 0 radical (unpaired) electrons. The first kappa shape index (κ1) is 14.5. The highest BCUT2D eigenvalue weighted by Crippen LogP contribution is 2.21. The van der Waals surface area contributed by atoms with Crippen molar-refractivity contribution in [2.45, 2.75) is 45.6 Å². The van der Waals surface area contributed by atoms with Gasteiger partial charge in [0.05, 0.1) is 0 Å². The number of piperidine rings is 1. The molecule has 0 bridgehead atoms. The van der Waals surface area contributed by atoms with Crippen LogP contribution in [0, 0.1) is 12.8 Å². The zero-order valence-electron chi connectivity index (χ0n) is 12.3. The molecule has 2 atom stereocenters. The average molecular weight is 261 g/mol. The summed E-state index contributed by atoms with van der Waals surface area (Å²) >= 11 is 0. The van der Waals surface area contributed by atoms with Crippen LogP contribution in [0.3, 0.4) is 0 Å². The number of aliphatic hydroxyl groups is 1. The van der Waals surface area contributed by atoms with Gasteiger partial charge < -0.3 is 10.0 Å². The molecular weight excluding hydrogens is 234 g/mol. The van der Waals surface area contributed by atoms with E-state index >= 15 is 0 Å². The van der Waals surface area contributed by atoms with Crippen LogP contribution in [0.2, 0.25) is 0 Å². The summed E-state index contributed by atoms with van der Waals surface area (Å²) in [7, 11) is 0. The lowest BCUT2D eigenvalue weighted by atomic mass is 9.94. The number of hydrogen-bond donors (Lipinski definition) is 1. The van der Waals surface area contributed by atoms with Gasteiger partial charge in [-0.15, -0.1) is 0 Å². The average Bonchev–Trinajstić information content (AvgIpc) is 2.41. The van der Waals surface area contributed by atoms with Gasteiger partial charge in [-0.2, -0.15) is 0 Å². The van der Waals surface area contributed by atoms with E-state index in [9.17, 15) is 5.11 Å². The van der Waals surface area contributed by atoms with E-state index in [1.807, 2.05) is 0 Å². The maximum Gasteiger partial charge on any atom is 0.0471 e. The van der Waals surface area contributed by atoms with Crippen LogP contribution in [-0.2, 0) is 6.42 Å². The number of aryl methyl sites for hydroxylation is 2. The van der Waals surface area contributed by atoms with E-state index < -0.39 is 0 Å². The second-order valence-electron chi connectivity index (χ2n) is 6.06. The summed E-state index contributed by atoms with van der Waals surface area (Å²) in [6, 6.07) is 9.50. The Morgan fingerprint density at radius 3 is 2.89 bits per heavy atom. The Labute approximate surface area is 117 Å². The molecule has 1 aromatic rings. The van der Waals surface area contributed by atoms with Gasteiger partial charge in [0, 0.05) is 19.2 Å². The van der Waals surface area contributed by atoms with Gasteiger partial charge in [-0.05, 0) is 57.6 Å². The van der Waals surface area contributed by atoms with E-state index in [0.29, 0.717) is 18.6 Å². The molecule has 2 nitrogen and oxygen atoms in total. The molecule has 1 aliphatic heterocycles. The van der Waals surface area contributed by atoms with Crippen molar-refractivity contribution >= 4 is 0 Å². The molecule has 2 unspecified atom stereocenters. The maximum absolute atomic E-state index is 9.30. The fourth-order valence-corrected chi connectivity index (χ4v) is 3.08. The lowest BCUT2D eigenvalue weighted by molar-refractivity contribution is 0.0820. The largest absolute Gasteiger partial charge is 0.396 e. The smallest absolute Gasteiger partial charge is 0.0471 e. The molecule has 1 aliphatic rings. The zero-order valence-corrected chi connectivity index (χ0v) is 12.3. The predicted octanol–water partition coefficient (Wildman–Crippen LogP) is 3.02. The first-order valence-corrected chi connectivity index (χ1v) is 7.59. The summed E-state index contributed by atoms with van der Waals surface area (Å²) in [5, 5.41) is 9.30. The van der Waals surface area contributed by atoms with Gasteiger partial charge in [-0.3, -0.25) is 0 Å². The van der Waals surface area contributed by atoms with Crippen LogP contribution < -0.4 is 0 Å². The first-order chi connectivity index (χ1) is 9.19. The second kappa shape index (κ2) is 7.06. The number of benzene rings is 1. The molecule has 0 amide bonds. The Balaban J connectivity index is 1.78. The zero-order chi connectivity index (χ0) is 13.7. The van der Waals surface area contributed by atoms with Crippen molar-refractivity contribution in [1.82, 2.24) is 4.90 Å². The van der Waals surface area contributed by atoms with Gasteiger partial charge in [-0.25, -0.2) is 0 Å². The molecule has 0 saturated carbocycles. The molecule has 0 aromatic heterocycles. The van der Waals surface area contributed by atoms with Crippen molar-refractivity contribution in [2.75, 3.05) is 19.7 Å². The molecule has 106 valence electrons. The van der Waals surface area contributed by atoms with Crippen molar-refractivity contribution in [2.24, 2.45) is 5.92 Å². The van der Waals surface area contributed by atoms with E-state index in [1.54, 1.807) is 0 Å². The SMILES string of the molecule is Cc1cccc(CCCN2CC(CO)CCC2C)c1. The lowest BCUT2D eigenvalue weighted by Crippen LogP contribution is -2.43. The van der Waals surface area contributed by atoms with Gasteiger partial charge in [0.1, 0.15) is 0 Å². The predicted molar refractivity (Wildman–Crippen MR) is 80.3 cm³/mol. The van der Waals surface area contributed by atoms with Crippen molar-refractivity contribution in [3.8, 4) is 0 Å². The van der Waals surface area contributed by atoms with E-state index in [-0.39, 0.29) is 0 Å². The summed E-state index contributed by atoms with van der Waals surface area (Å²) in [5.41, 5.74) is 2.80. The number of hydrogen-bond acceptors (Lipinski definition) is 2. The summed E-state index contributed by atoms with van der Waals surface area (Å²) in [6.07, 6.45) is 4.79. The summed E-state index contributed by atoms with van der Waals surface area (Å²) in [5.74, 6) is 0.496. The van der Waals surface area contributed by atoms with Gasteiger partial charge in [-0.1, -0.05) is 29.8 Å². The molecule has 1 N–H and O–H groups in total. The Bertz CT molecular complexity index is 391. The van der Waals surface area contributed by atoms with Crippen molar-refractivity contribution < 1.29 is 5.11 Å². The quantitative estimate of drug-likeness (QED) is 0.880. The molecule has 0 aliphatic carbocycles. The Kier molecular flexibility index (Phi) is 5.41. The number of aliphatic hydroxyl groups excluding tert-OH is 1. The van der Waals surface area contributed by atoms with Crippen LogP contribution in [-0.4, -0.2) is 35.7 Å². The third-order valence-corrected chi connectivity index (χ3v) is 4.36. The van der Waals surface area contributed by atoms with Crippen molar-refractivity contribution in [3.63, 3.8) is 0 Å². The summed E-state index contributed by atoms with van der Waals surface area (Å²) in [4.78, 5) is 2.56. The molecule has 1 fully saturated rings. The Hall–Kier alpha value is -0.860. The van der Waals surface area contributed by atoms with E-state index in [4.69, 9.17) is 0 Å². The molecule has 1 heterocycles. The fraction of sp³-hybridized carbons (Fsp3) is 0.647. The van der Waals surface area contributed by atoms with Gasteiger partial charge in [0.2, 0.25) is 0 Å². The third-order valence-electron chi connectivity index (χ3n) is 4.36. The van der Waals surface area contributed by atoms with Crippen LogP contribution in [0.1, 0.15) is 37.3 Å². The van der Waals surface area contributed by atoms with Crippen LogP contribution in [0.4, 0.5) is 0 Å². The monoisotopic (exact) mass is 261 g/mol. The van der Waals surface area contributed by atoms with E-state index in [1.165, 1.54) is 30.4 Å². The highest BCUT2D eigenvalue weighted by molar-refractivity contribution is 5.22. The lowest BCUT2D eigenvalue weighted by Gasteiger charge is -2.37. The topological polar surface area (TPSA) is 23.5 Å². The normalized spacial score (nSPS) is 24.6. The maximum atomic E-state index is 9.30. The highest BCUT2D eigenvalue weighted by atomic mass is 16.3. The van der Waals surface area contributed by atoms with Gasteiger partial charge in [0.25, 0.3) is 0 Å². The molecule has 1 saturated heterocycles. The van der Waals surface area contributed by atoms with E-state index in [0.717, 1.165) is 19.5 Å². The standard InChI is InChI=1S/C17H27NO/c1-14-5-3-6-16(11-14)7-4-10-18-12-17(13-19)9-8-15(18)2/h3,5-6,11,15,17,19H,4,7-10,12-13H2,1-2H3. The van der Waals surface area contributed by atoms with Crippen LogP contribution in [0.15, 0.2) is 24.3 Å². The second-order valence-corrected chi connectivity index (χ2v) is 6.06. The first-order valence-electron chi connectivity index (χ1n) is 7.59. The van der Waals surface area contributed by atoms with Crippen LogP contribution in [0.5, 0.6) is 0 Å². The molecule has 2 rings (SSSR count). The minimum absolute atomic E-state index is 0.348.